The summed E-state index contributed by atoms with van der Waals surface area (Å²) < 4.78 is 0. The second-order valence-electron chi connectivity index (χ2n) is 6.47. The van der Waals surface area contributed by atoms with Gasteiger partial charge in [0.15, 0.2) is 5.13 Å². The molecule has 1 amide bonds. The van der Waals surface area contributed by atoms with Crippen LogP contribution in [0.1, 0.15) is 33.6 Å². The Morgan fingerprint density at radius 3 is 2.55 bits per heavy atom. The van der Waals surface area contributed by atoms with Crippen molar-refractivity contribution in [2.75, 3.05) is 18.0 Å². The van der Waals surface area contributed by atoms with Crippen LogP contribution in [-0.2, 0) is 4.79 Å². The predicted molar refractivity (Wildman–Crippen MR) is 127 cm³/mol. The lowest BCUT2D eigenvalue weighted by Gasteiger charge is -2.29. The highest BCUT2D eigenvalue weighted by Crippen LogP contribution is 2.30. The van der Waals surface area contributed by atoms with Crippen molar-refractivity contribution in [1.29, 1.82) is 0 Å². The second-order valence-corrected chi connectivity index (χ2v) is 7.34. The average Bonchev–Trinajstić information content (AvgIpc) is 3.41. The van der Waals surface area contributed by atoms with E-state index in [1.165, 1.54) is 6.42 Å². The van der Waals surface area contributed by atoms with Crippen LogP contribution in [-0.4, -0.2) is 34.9 Å². The lowest BCUT2D eigenvalue weighted by atomic mass is 10.2. The van der Waals surface area contributed by atoms with Crippen LogP contribution in [0.25, 0.3) is 0 Å². The minimum atomic E-state index is 0.00698. The number of thiazole rings is 1. The maximum absolute atomic E-state index is 12.8. The summed E-state index contributed by atoms with van der Waals surface area (Å²) in [6.45, 7) is 19.0. The van der Waals surface area contributed by atoms with Gasteiger partial charge in [-0.25, -0.2) is 4.98 Å². The Hall–Kier alpha value is -2.66. The fraction of sp³-hybridized carbons (Fsp3) is 0.333. The number of allylic oxidation sites excluding steroid dienone is 6. The number of carbonyl (C=O) groups is 1. The normalized spacial score (nSPS) is 16.9. The first-order chi connectivity index (χ1) is 14.1. The minimum absolute atomic E-state index is 0.00698. The lowest BCUT2D eigenvalue weighted by molar-refractivity contribution is -0.125. The van der Waals surface area contributed by atoms with Crippen LogP contribution < -0.4 is 4.90 Å². The molecule has 1 atom stereocenters. The predicted octanol–water partition coefficient (Wildman–Crippen LogP) is 5.91. The highest BCUT2D eigenvalue weighted by Gasteiger charge is 2.33. The Morgan fingerprint density at radius 1 is 1.31 bits per heavy atom. The van der Waals surface area contributed by atoms with E-state index in [4.69, 9.17) is 0 Å². The van der Waals surface area contributed by atoms with Crippen LogP contribution in [0.15, 0.2) is 85.1 Å². The molecule has 2 rings (SSSR count). The maximum Gasteiger partial charge on any atom is 0.253 e. The van der Waals surface area contributed by atoms with Gasteiger partial charge in [-0.2, -0.15) is 0 Å². The SMILES string of the molecule is C=C/C=C(\C=C)N(c1nccs1)C1CCN(C(=O)/C(C=C)=C/C=C\C)C1.CCC. The van der Waals surface area contributed by atoms with E-state index in [1.54, 1.807) is 41.8 Å². The zero-order valence-corrected chi connectivity index (χ0v) is 18.7. The van der Waals surface area contributed by atoms with E-state index in [0.717, 1.165) is 17.2 Å². The fourth-order valence-electron chi connectivity index (χ4n) is 2.93. The van der Waals surface area contributed by atoms with E-state index in [0.29, 0.717) is 18.7 Å². The molecule has 0 saturated carbocycles. The molecule has 1 aromatic rings. The van der Waals surface area contributed by atoms with Crippen molar-refractivity contribution in [3.63, 3.8) is 0 Å². The third kappa shape index (κ3) is 7.02. The molecule has 2 heterocycles. The smallest absolute Gasteiger partial charge is 0.253 e. The van der Waals surface area contributed by atoms with Crippen molar-refractivity contribution < 1.29 is 4.79 Å². The largest absolute Gasteiger partial charge is 0.336 e. The fourth-order valence-corrected chi connectivity index (χ4v) is 3.66. The van der Waals surface area contributed by atoms with Crippen LogP contribution in [0.2, 0.25) is 0 Å². The van der Waals surface area contributed by atoms with Crippen LogP contribution >= 0.6 is 11.3 Å². The Morgan fingerprint density at radius 2 is 2.03 bits per heavy atom. The molecule has 0 radical (unpaired) electrons. The standard InChI is InChI=1S/C21H25N3OS.C3H8/c1-5-9-11-17(7-3)20(25)23-14-12-19(16-23)24(18(8-4)10-6-2)21-22-13-15-26-21;1-3-2/h5-11,13,15,19H,2-4,12,14,16H2,1H3;3H2,1-2H3/b9-5-,17-11+,18-10+;. The van der Waals surface area contributed by atoms with Gasteiger partial charge in [0.2, 0.25) is 0 Å². The van der Waals surface area contributed by atoms with E-state index in [9.17, 15) is 4.79 Å². The first-order valence-electron chi connectivity index (χ1n) is 9.96. The molecule has 1 aliphatic heterocycles. The molecule has 5 heteroatoms. The topological polar surface area (TPSA) is 36.4 Å². The molecule has 4 nitrogen and oxygen atoms in total. The molecule has 1 fully saturated rings. The Bertz CT molecular complexity index is 759. The van der Waals surface area contributed by atoms with Crippen molar-refractivity contribution in [2.24, 2.45) is 0 Å². The highest BCUT2D eigenvalue weighted by molar-refractivity contribution is 7.13. The molecule has 1 unspecified atom stereocenters. The summed E-state index contributed by atoms with van der Waals surface area (Å²) in [7, 11) is 0. The minimum Gasteiger partial charge on any atom is -0.336 e. The zero-order valence-electron chi connectivity index (χ0n) is 17.9. The van der Waals surface area contributed by atoms with E-state index >= 15 is 0 Å². The monoisotopic (exact) mass is 411 g/mol. The van der Waals surface area contributed by atoms with Gasteiger partial charge in [0.25, 0.3) is 5.91 Å². The number of nitrogens with zero attached hydrogens (tertiary/aromatic N) is 3. The highest BCUT2D eigenvalue weighted by atomic mass is 32.1. The number of hydrogen-bond donors (Lipinski definition) is 0. The average molecular weight is 412 g/mol. The molecule has 1 aliphatic rings. The van der Waals surface area contributed by atoms with Gasteiger partial charge in [-0.15, -0.1) is 11.3 Å². The summed E-state index contributed by atoms with van der Waals surface area (Å²) in [6, 6.07) is 0.141. The Kier molecular flexibility index (Phi) is 11.4. The van der Waals surface area contributed by atoms with Crippen LogP contribution in [0.5, 0.6) is 0 Å². The van der Waals surface area contributed by atoms with Gasteiger partial charge in [-0.1, -0.05) is 64.3 Å². The molecule has 29 heavy (non-hydrogen) atoms. The first kappa shape index (κ1) is 24.4. The molecular formula is C24H33N3OS. The van der Waals surface area contributed by atoms with Gasteiger partial charge in [0.05, 0.1) is 6.04 Å². The second kappa shape index (κ2) is 13.5. The number of aromatic nitrogens is 1. The summed E-state index contributed by atoms with van der Waals surface area (Å²) in [4.78, 5) is 21.2. The molecule has 1 saturated heterocycles. The van der Waals surface area contributed by atoms with Crippen molar-refractivity contribution in [3.8, 4) is 0 Å². The summed E-state index contributed by atoms with van der Waals surface area (Å²) in [5.74, 6) is 0.00698. The number of likely N-dealkylation sites (tertiary alicyclic amines) is 1. The summed E-state index contributed by atoms with van der Waals surface area (Å²) in [5.41, 5.74) is 1.54. The van der Waals surface area contributed by atoms with E-state index in [1.807, 2.05) is 35.4 Å². The number of hydrogen-bond acceptors (Lipinski definition) is 4. The first-order valence-corrected chi connectivity index (χ1v) is 10.8. The molecule has 156 valence electrons. The quantitative estimate of drug-likeness (QED) is 0.394. The van der Waals surface area contributed by atoms with Gasteiger partial charge >= 0.3 is 0 Å². The van der Waals surface area contributed by atoms with Crippen molar-refractivity contribution in [2.45, 2.75) is 39.7 Å². The number of anilines is 1. The Balaban J connectivity index is 0.00000132. The number of amides is 1. The molecule has 0 aromatic carbocycles. The molecule has 0 aliphatic carbocycles. The molecule has 1 aromatic heterocycles. The molecular weight excluding hydrogens is 378 g/mol. The van der Waals surface area contributed by atoms with Gasteiger partial charge in [0.1, 0.15) is 0 Å². The van der Waals surface area contributed by atoms with Crippen molar-refractivity contribution in [1.82, 2.24) is 9.88 Å². The molecule has 0 N–H and O–H groups in total. The summed E-state index contributed by atoms with van der Waals surface area (Å²) in [5, 5.41) is 2.84. The third-order valence-electron chi connectivity index (χ3n) is 4.15. The van der Waals surface area contributed by atoms with Gasteiger partial charge < -0.3 is 9.80 Å². The lowest BCUT2D eigenvalue weighted by Crippen LogP contribution is -2.38. The number of rotatable bonds is 8. The maximum atomic E-state index is 12.8. The summed E-state index contributed by atoms with van der Waals surface area (Å²) in [6.07, 6.45) is 16.5. The zero-order chi connectivity index (χ0) is 21.6. The molecule has 0 bridgehead atoms. The van der Waals surface area contributed by atoms with Crippen LogP contribution in [0.3, 0.4) is 0 Å². The van der Waals surface area contributed by atoms with Gasteiger partial charge in [-0.3, -0.25) is 4.79 Å². The van der Waals surface area contributed by atoms with E-state index in [-0.39, 0.29) is 11.9 Å². The third-order valence-corrected chi connectivity index (χ3v) is 4.92. The number of carbonyl (C=O) groups excluding carboxylic acids is 1. The van der Waals surface area contributed by atoms with E-state index < -0.39 is 0 Å². The van der Waals surface area contributed by atoms with Crippen LogP contribution in [0, 0.1) is 0 Å². The van der Waals surface area contributed by atoms with E-state index in [2.05, 4.69) is 43.5 Å². The Labute approximate surface area is 179 Å². The van der Waals surface area contributed by atoms with Gasteiger partial charge in [0, 0.05) is 35.9 Å². The van der Waals surface area contributed by atoms with Crippen molar-refractivity contribution in [3.05, 3.63) is 85.1 Å². The molecule has 0 spiro atoms. The van der Waals surface area contributed by atoms with Crippen LogP contribution in [0.4, 0.5) is 5.13 Å². The summed E-state index contributed by atoms with van der Waals surface area (Å²) >= 11 is 1.57. The van der Waals surface area contributed by atoms with Crippen molar-refractivity contribution >= 4 is 22.4 Å². The van der Waals surface area contributed by atoms with Gasteiger partial charge in [-0.05, 0) is 31.6 Å².